The summed E-state index contributed by atoms with van der Waals surface area (Å²) >= 11 is 3.84. The van der Waals surface area contributed by atoms with Crippen molar-refractivity contribution in [1.82, 2.24) is 0 Å². The molecule has 2 unspecified atom stereocenters. The maximum Gasteiger partial charge on any atom is 0.124 e. The van der Waals surface area contributed by atoms with E-state index in [1.165, 1.54) is 29.5 Å². The molecule has 100 valence electrons. The molecule has 0 N–H and O–H groups in total. The van der Waals surface area contributed by atoms with Gasteiger partial charge in [0.2, 0.25) is 0 Å². The molecule has 1 saturated heterocycles. The Morgan fingerprint density at radius 3 is 2.50 bits per heavy atom. The minimum atomic E-state index is 0.376. The van der Waals surface area contributed by atoms with E-state index in [4.69, 9.17) is 9.47 Å². The molecule has 0 bridgehead atoms. The van der Waals surface area contributed by atoms with Gasteiger partial charge in [0, 0.05) is 11.4 Å². The molecule has 3 heteroatoms. The van der Waals surface area contributed by atoms with Crippen LogP contribution in [0.5, 0.6) is 5.75 Å². The molecule has 1 aliphatic heterocycles. The third-order valence-corrected chi connectivity index (χ3v) is 4.89. The van der Waals surface area contributed by atoms with Crippen molar-refractivity contribution in [1.29, 1.82) is 0 Å². The standard InChI is InChI=1S/C15H21BrO2/c1-10-7-13(8-11(2)15(10)17-3)14(16)12-5-4-6-18-9-12/h7-8,12,14H,4-6,9H2,1-3H3. The molecule has 0 saturated carbocycles. The fourth-order valence-corrected chi connectivity index (χ4v) is 3.41. The van der Waals surface area contributed by atoms with Crippen molar-refractivity contribution >= 4 is 15.9 Å². The van der Waals surface area contributed by atoms with Crippen LogP contribution in [-0.2, 0) is 4.74 Å². The Labute approximate surface area is 118 Å². The van der Waals surface area contributed by atoms with Crippen LogP contribution in [-0.4, -0.2) is 20.3 Å². The van der Waals surface area contributed by atoms with Gasteiger partial charge < -0.3 is 9.47 Å². The van der Waals surface area contributed by atoms with Crippen LogP contribution in [0.1, 0.15) is 34.4 Å². The Morgan fingerprint density at radius 1 is 1.33 bits per heavy atom. The fourth-order valence-electron chi connectivity index (χ4n) is 2.73. The average Bonchev–Trinajstić information content (AvgIpc) is 2.38. The summed E-state index contributed by atoms with van der Waals surface area (Å²) in [7, 11) is 1.73. The Morgan fingerprint density at radius 2 is 2.00 bits per heavy atom. The van der Waals surface area contributed by atoms with Gasteiger partial charge in [0.25, 0.3) is 0 Å². The van der Waals surface area contributed by atoms with E-state index in [0.717, 1.165) is 19.0 Å². The molecule has 1 heterocycles. The largest absolute Gasteiger partial charge is 0.496 e. The quantitative estimate of drug-likeness (QED) is 0.780. The van der Waals surface area contributed by atoms with Crippen LogP contribution in [0.25, 0.3) is 0 Å². The van der Waals surface area contributed by atoms with Crippen LogP contribution in [0.4, 0.5) is 0 Å². The van der Waals surface area contributed by atoms with Crippen LogP contribution in [0.15, 0.2) is 12.1 Å². The van der Waals surface area contributed by atoms with Gasteiger partial charge in [-0.3, -0.25) is 0 Å². The summed E-state index contributed by atoms with van der Waals surface area (Å²) in [5.41, 5.74) is 3.74. The van der Waals surface area contributed by atoms with E-state index < -0.39 is 0 Å². The molecule has 0 amide bonds. The van der Waals surface area contributed by atoms with Gasteiger partial charge in [-0.05, 0) is 49.3 Å². The van der Waals surface area contributed by atoms with Gasteiger partial charge in [-0.1, -0.05) is 28.1 Å². The maximum atomic E-state index is 5.58. The molecule has 0 aliphatic carbocycles. The topological polar surface area (TPSA) is 18.5 Å². The van der Waals surface area contributed by atoms with Crippen molar-refractivity contribution in [3.05, 3.63) is 28.8 Å². The van der Waals surface area contributed by atoms with Crippen LogP contribution in [0, 0.1) is 19.8 Å². The second-order valence-electron chi connectivity index (χ2n) is 5.07. The average molecular weight is 313 g/mol. The molecule has 0 aromatic heterocycles. The summed E-state index contributed by atoms with van der Waals surface area (Å²) in [5.74, 6) is 1.57. The maximum absolute atomic E-state index is 5.58. The number of hydrogen-bond donors (Lipinski definition) is 0. The zero-order chi connectivity index (χ0) is 13.1. The lowest BCUT2D eigenvalue weighted by atomic mass is 9.92. The minimum Gasteiger partial charge on any atom is -0.496 e. The highest BCUT2D eigenvalue weighted by atomic mass is 79.9. The number of halogens is 1. The number of rotatable bonds is 3. The number of benzene rings is 1. The van der Waals surface area contributed by atoms with Gasteiger partial charge in [-0.25, -0.2) is 0 Å². The number of hydrogen-bond acceptors (Lipinski definition) is 2. The van der Waals surface area contributed by atoms with E-state index in [2.05, 4.69) is 41.9 Å². The Balaban J connectivity index is 2.22. The molecular weight excluding hydrogens is 292 g/mol. The molecular formula is C15H21BrO2. The van der Waals surface area contributed by atoms with E-state index >= 15 is 0 Å². The first-order valence-corrected chi connectivity index (χ1v) is 7.42. The van der Waals surface area contributed by atoms with Crippen molar-refractivity contribution < 1.29 is 9.47 Å². The van der Waals surface area contributed by atoms with Crippen molar-refractivity contribution in [3.63, 3.8) is 0 Å². The highest BCUT2D eigenvalue weighted by Gasteiger charge is 2.24. The number of methoxy groups -OCH3 is 1. The fraction of sp³-hybridized carbons (Fsp3) is 0.600. The van der Waals surface area contributed by atoms with E-state index in [0.29, 0.717) is 10.7 Å². The molecule has 0 radical (unpaired) electrons. The zero-order valence-electron chi connectivity index (χ0n) is 11.3. The number of ether oxygens (including phenoxy) is 2. The normalized spacial score (nSPS) is 21.7. The number of alkyl halides is 1. The molecule has 2 rings (SSSR count). The molecule has 0 spiro atoms. The molecule has 1 aromatic rings. The summed E-state index contributed by atoms with van der Waals surface area (Å²) in [5, 5.41) is 0. The summed E-state index contributed by atoms with van der Waals surface area (Å²) in [6.07, 6.45) is 2.40. The first-order chi connectivity index (χ1) is 8.63. The van der Waals surface area contributed by atoms with E-state index in [1.807, 2.05) is 0 Å². The number of aryl methyl sites for hydroxylation is 2. The lowest BCUT2D eigenvalue weighted by molar-refractivity contribution is 0.0546. The van der Waals surface area contributed by atoms with E-state index in [9.17, 15) is 0 Å². The van der Waals surface area contributed by atoms with Crippen LogP contribution < -0.4 is 4.74 Å². The van der Waals surface area contributed by atoms with E-state index in [-0.39, 0.29) is 0 Å². The van der Waals surface area contributed by atoms with Crippen LogP contribution in [0.3, 0.4) is 0 Å². The molecule has 1 aliphatic rings. The lowest BCUT2D eigenvalue weighted by Gasteiger charge is -2.27. The lowest BCUT2D eigenvalue weighted by Crippen LogP contribution is -2.21. The van der Waals surface area contributed by atoms with Gasteiger partial charge in [0.1, 0.15) is 5.75 Å². The van der Waals surface area contributed by atoms with Gasteiger partial charge >= 0.3 is 0 Å². The van der Waals surface area contributed by atoms with E-state index in [1.54, 1.807) is 7.11 Å². The smallest absolute Gasteiger partial charge is 0.124 e. The summed E-state index contributed by atoms with van der Waals surface area (Å²) in [6, 6.07) is 4.44. The summed E-state index contributed by atoms with van der Waals surface area (Å²) in [6.45, 7) is 5.98. The summed E-state index contributed by atoms with van der Waals surface area (Å²) < 4.78 is 11.0. The SMILES string of the molecule is COc1c(C)cc(C(Br)C2CCCOC2)cc1C. The second kappa shape index (κ2) is 6.07. The van der Waals surface area contributed by atoms with Crippen LogP contribution in [0.2, 0.25) is 0 Å². The van der Waals surface area contributed by atoms with Gasteiger partial charge in [0.15, 0.2) is 0 Å². The van der Waals surface area contributed by atoms with Crippen molar-refractivity contribution in [2.24, 2.45) is 5.92 Å². The molecule has 2 atom stereocenters. The van der Waals surface area contributed by atoms with Gasteiger partial charge in [-0.15, -0.1) is 0 Å². The van der Waals surface area contributed by atoms with Crippen molar-refractivity contribution in [3.8, 4) is 5.75 Å². The van der Waals surface area contributed by atoms with Gasteiger partial charge in [0.05, 0.1) is 13.7 Å². The Kier molecular flexibility index (Phi) is 4.68. The zero-order valence-corrected chi connectivity index (χ0v) is 12.9. The first kappa shape index (κ1) is 13.9. The highest BCUT2D eigenvalue weighted by Crippen LogP contribution is 2.38. The van der Waals surface area contributed by atoms with Gasteiger partial charge in [-0.2, -0.15) is 0 Å². The van der Waals surface area contributed by atoms with Crippen LogP contribution >= 0.6 is 15.9 Å². The molecule has 1 aromatic carbocycles. The monoisotopic (exact) mass is 312 g/mol. The Hall–Kier alpha value is -0.540. The third kappa shape index (κ3) is 2.89. The predicted molar refractivity (Wildman–Crippen MR) is 77.7 cm³/mol. The predicted octanol–water partition coefficient (Wildman–Crippen LogP) is 4.17. The minimum absolute atomic E-state index is 0.376. The summed E-state index contributed by atoms with van der Waals surface area (Å²) in [4.78, 5) is 0.376. The van der Waals surface area contributed by atoms with Crippen molar-refractivity contribution in [2.75, 3.05) is 20.3 Å². The molecule has 1 fully saturated rings. The third-order valence-electron chi connectivity index (χ3n) is 3.61. The Bertz CT molecular complexity index is 388. The molecule has 2 nitrogen and oxygen atoms in total. The molecule has 18 heavy (non-hydrogen) atoms. The first-order valence-electron chi connectivity index (χ1n) is 6.50. The highest BCUT2D eigenvalue weighted by molar-refractivity contribution is 9.09. The van der Waals surface area contributed by atoms with Crippen molar-refractivity contribution in [2.45, 2.75) is 31.5 Å². The second-order valence-corrected chi connectivity index (χ2v) is 6.05.